The number of hydrogen-bond acceptors (Lipinski definition) is 4. The molecule has 0 spiro atoms. The van der Waals surface area contributed by atoms with Crippen molar-refractivity contribution in [3.63, 3.8) is 0 Å². The molecular weight excluding hydrogens is 426 g/mol. The molecule has 0 aromatic heterocycles. The average molecular weight is 458 g/mol. The Kier molecular flexibility index (Phi) is 8.07. The average Bonchev–Trinajstić information content (AvgIpc) is 2.87. The van der Waals surface area contributed by atoms with Gasteiger partial charge in [-0.05, 0) is 41.3 Å². The fraction of sp³-hybridized carbons (Fsp3) is 0.286. The largest absolute Gasteiger partial charge is 0.376 e. The number of morpholine rings is 1. The van der Waals surface area contributed by atoms with Crippen LogP contribution in [0.3, 0.4) is 0 Å². The van der Waals surface area contributed by atoms with Gasteiger partial charge in [0.1, 0.15) is 0 Å². The third-order valence-corrected chi connectivity index (χ3v) is 5.88. The Hall–Kier alpha value is -3.48. The van der Waals surface area contributed by atoms with Gasteiger partial charge >= 0.3 is 0 Å². The number of carbonyl (C=O) groups excluding carboxylic acids is 2. The zero-order valence-electron chi connectivity index (χ0n) is 19.5. The lowest BCUT2D eigenvalue weighted by atomic mass is 10.0. The van der Waals surface area contributed by atoms with E-state index in [1.165, 1.54) is 5.56 Å². The number of hydrogen-bond donors (Lipinski definition) is 2. The van der Waals surface area contributed by atoms with Crippen molar-refractivity contribution in [1.82, 2.24) is 15.5 Å². The summed E-state index contributed by atoms with van der Waals surface area (Å²) in [6, 6.07) is 25.6. The smallest absolute Gasteiger partial charge is 0.251 e. The van der Waals surface area contributed by atoms with E-state index < -0.39 is 0 Å². The molecule has 0 saturated carbocycles. The van der Waals surface area contributed by atoms with E-state index in [2.05, 4.69) is 34.6 Å². The molecular formula is C28H31N3O3. The van der Waals surface area contributed by atoms with Crippen LogP contribution in [0.2, 0.25) is 0 Å². The highest BCUT2D eigenvalue weighted by atomic mass is 16.5. The maximum atomic E-state index is 12.4. The Balaban J connectivity index is 1.22. The lowest BCUT2D eigenvalue weighted by molar-refractivity contribution is -0.120. The molecule has 1 atom stereocenters. The first-order chi connectivity index (χ1) is 16.6. The van der Waals surface area contributed by atoms with Crippen molar-refractivity contribution in [2.24, 2.45) is 0 Å². The summed E-state index contributed by atoms with van der Waals surface area (Å²) < 4.78 is 5.61. The topological polar surface area (TPSA) is 70.7 Å². The molecule has 0 bridgehead atoms. The van der Waals surface area contributed by atoms with Crippen molar-refractivity contribution in [1.29, 1.82) is 0 Å². The van der Waals surface area contributed by atoms with Gasteiger partial charge in [-0.1, -0.05) is 66.7 Å². The van der Waals surface area contributed by atoms with Crippen LogP contribution in [0, 0.1) is 0 Å². The normalized spacial score (nSPS) is 16.1. The molecule has 3 aromatic rings. The molecule has 6 heteroatoms. The highest BCUT2D eigenvalue weighted by Crippen LogP contribution is 2.19. The van der Waals surface area contributed by atoms with E-state index in [4.69, 9.17) is 4.74 Å². The minimum atomic E-state index is -0.267. The highest BCUT2D eigenvalue weighted by molar-refractivity contribution is 5.96. The molecule has 6 nitrogen and oxygen atoms in total. The number of carbonyl (C=O) groups is 2. The summed E-state index contributed by atoms with van der Waals surface area (Å²) in [5.74, 6) is -0.488. The van der Waals surface area contributed by atoms with Gasteiger partial charge in [0.2, 0.25) is 5.91 Å². The number of nitrogens with zero attached hydrogens (tertiary/aromatic N) is 1. The molecule has 0 radical (unpaired) electrons. The molecule has 1 aliphatic heterocycles. The summed E-state index contributed by atoms with van der Waals surface area (Å²) in [7, 11) is 0. The monoisotopic (exact) mass is 457 g/mol. The predicted octanol–water partition coefficient (Wildman–Crippen LogP) is 3.62. The minimum Gasteiger partial charge on any atom is -0.376 e. The second-order valence-corrected chi connectivity index (χ2v) is 8.64. The summed E-state index contributed by atoms with van der Waals surface area (Å²) in [5.41, 5.74) is 4.92. The summed E-state index contributed by atoms with van der Waals surface area (Å²) in [4.78, 5) is 27.1. The molecule has 4 rings (SSSR count). The molecule has 1 saturated heterocycles. The Bertz CT molecular complexity index is 1100. The van der Waals surface area contributed by atoms with Crippen molar-refractivity contribution >= 4 is 11.8 Å². The van der Waals surface area contributed by atoms with Crippen LogP contribution in [0.5, 0.6) is 0 Å². The molecule has 1 aliphatic rings. The van der Waals surface area contributed by atoms with Crippen molar-refractivity contribution in [2.75, 3.05) is 26.2 Å². The zero-order chi connectivity index (χ0) is 23.8. The van der Waals surface area contributed by atoms with Gasteiger partial charge in [0, 0.05) is 31.7 Å². The Morgan fingerprint density at radius 3 is 2.41 bits per heavy atom. The number of amides is 2. The van der Waals surface area contributed by atoms with Gasteiger partial charge in [-0.25, -0.2) is 0 Å². The van der Waals surface area contributed by atoms with E-state index in [-0.39, 0.29) is 24.5 Å². The Morgan fingerprint density at radius 2 is 1.65 bits per heavy atom. The van der Waals surface area contributed by atoms with Crippen LogP contribution in [-0.2, 0) is 22.6 Å². The summed E-state index contributed by atoms with van der Waals surface area (Å²) >= 11 is 0. The maximum absolute atomic E-state index is 12.4. The molecule has 0 aliphatic carbocycles. The second-order valence-electron chi connectivity index (χ2n) is 8.64. The lowest BCUT2D eigenvalue weighted by Gasteiger charge is -2.31. The van der Waals surface area contributed by atoms with E-state index in [0.29, 0.717) is 12.1 Å². The van der Waals surface area contributed by atoms with Crippen LogP contribution in [0.1, 0.15) is 28.4 Å². The molecule has 34 heavy (non-hydrogen) atoms. The van der Waals surface area contributed by atoms with Gasteiger partial charge in [-0.15, -0.1) is 0 Å². The van der Waals surface area contributed by atoms with Crippen molar-refractivity contribution in [2.45, 2.75) is 26.1 Å². The van der Waals surface area contributed by atoms with Crippen LogP contribution in [0.4, 0.5) is 0 Å². The molecule has 1 unspecified atom stereocenters. The number of nitrogens with one attached hydrogen (secondary N) is 2. The fourth-order valence-electron chi connectivity index (χ4n) is 4.10. The fourth-order valence-corrected chi connectivity index (χ4v) is 4.10. The van der Waals surface area contributed by atoms with Gasteiger partial charge in [0.25, 0.3) is 5.91 Å². The van der Waals surface area contributed by atoms with Crippen molar-refractivity contribution in [3.8, 4) is 11.1 Å². The molecule has 1 fully saturated rings. The van der Waals surface area contributed by atoms with E-state index in [0.717, 1.165) is 42.9 Å². The first kappa shape index (κ1) is 23.7. The highest BCUT2D eigenvalue weighted by Gasteiger charge is 2.16. The Labute approximate surface area is 200 Å². The molecule has 1 heterocycles. The standard InChI is InChI=1S/C28H31N3O3/c1-21-19-31(14-15-34-21)20-23-7-5-6-22(16-23)17-29-27(32)18-30-28(33)26-12-10-25(11-13-26)24-8-3-2-4-9-24/h2-13,16,21H,14-15,17-20H2,1H3,(H,29,32)(H,30,33). The quantitative estimate of drug-likeness (QED) is 0.542. The van der Waals surface area contributed by atoms with Crippen LogP contribution >= 0.6 is 0 Å². The Morgan fingerprint density at radius 1 is 0.912 bits per heavy atom. The SMILES string of the molecule is CC1CN(Cc2cccc(CNC(=O)CNC(=O)c3ccc(-c4ccccc4)cc3)c2)CCO1. The van der Waals surface area contributed by atoms with Crippen LogP contribution in [0.25, 0.3) is 11.1 Å². The summed E-state index contributed by atoms with van der Waals surface area (Å²) in [6.45, 7) is 5.94. The molecule has 2 N–H and O–H groups in total. The summed E-state index contributed by atoms with van der Waals surface area (Å²) in [6.07, 6.45) is 0.258. The first-order valence-electron chi connectivity index (χ1n) is 11.7. The molecule has 176 valence electrons. The molecule has 3 aromatic carbocycles. The van der Waals surface area contributed by atoms with E-state index >= 15 is 0 Å². The van der Waals surface area contributed by atoms with Gasteiger partial charge in [-0.3, -0.25) is 14.5 Å². The first-order valence-corrected chi connectivity index (χ1v) is 11.7. The van der Waals surface area contributed by atoms with Crippen molar-refractivity contribution < 1.29 is 14.3 Å². The lowest BCUT2D eigenvalue weighted by Crippen LogP contribution is -2.40. The van der Waals surface area contributed by atoms with Crippen LogP contribution < -0.4 is 10.6 Å². The van der Waals surface area contributed by atoms with Gasteiger partial charge < -0.3 is 15.4 Å². The van der Waals surface area contributed by atoms with Gasteiger partial charge in [-0.2, -0.15) is 0 Å². The van der Waals surface area contributed by atoms with Crippen molar-refractivity contribution in [3.05, 3.63) is 95.6 Å². The minimum absolute atomic E-state index is 0.0649. The third kappa shape index (κ3) is 6.76. The number of ether oxygens (including phenoxy) is 1. The van der Waals surface area contributed by atoms with Gasteiger partial charge in [0.15, 0.2) is 0 Å². The van der Waals surface area contributed by atoms with E-state index in [1.807, 2.05) is 54.6 Å². The van der Waals surface area contributed by atoms with Gasteiger partial charge in [0.05, 0.1) is 19.3 Å². The molecule has 2 amide bonds. The van der Waals surface area contributed by atoms with Crippen LogP contribution in [0.15, 0.2) is 78.9 Å². The third-order valence-electron chi connectivity index (χ3n) is 5.88. The van der Waals surface area contributed by atoms with E-state index in [9.17, 15) is 9.59 Å². The number of rotatable bonds is 8. The number of benzene rings is 3. The van der Waals surface area contributed by atoms with E-state index in [1.54, 1.807) is 12.1 Å². The zero-order valence-corrected chi connectivity index (χ0v) is 19.5. The van der Waals surface area contributed by atoms with Crippen LogP contribution in [-0.4, -0.2) is 49.1 Å². The summed E-state index contributed by atoms with van der Waals surface area (Å²) in [5, 5.41) is 5.58. The second kappa shape index (κ2) is 11.6. The maximum Gasteiger partial charge on any atom is 0.251 e. The predicted molar refractivity (Wildman–Crippen MR) is 133 cm³/mol.